The smallest absolute Gasteiger partial charge is 0.241 e. The fourth-order valence-corrected chi connectivity index (χ4v) is 6.19. The Morgan fingerprint density at radius 3 is 2.46 bits per heavy atom. The number of benzene rings is 2. The number of nitrogen functional groups attached to an aromatic ring is 1. The van der Waals surface area contributed by atoms with Gasteiger partial charge >= 0.3 is 0 Å². The zero-order valence-electron chi connectivity index (χ0n) is 20.9. The number of nitrogens with zero attached hydrogens (tertiary/aromatic N) is 5. The minimum absolute atomic E-state index is 0.217. The first-order chi connectivity index (χ1) is 18.1. The Labute approximate surface area is 216 Å². The maximum atomic E-state index is 6.23. The van der Waals surface area contributed by atoms with Gasteiger partial charge in [-0.25, -0.2) is 4.98 Å². The molecule has 5 heterocycles. The van der Waals surface area contributed by atoms with E-state index in [4.69, 9.17) is 16.5 Å². The van der Waals surface area contributed by atoms with Gasteiger partial charge in [-0.1, -0.05) is 36.4 Å². The Bertz CT molecular complexity index is 1450. The Morgan fingerprint density at radius 2 is 1.65 bits per heavy atom. The van der Waals surface area contributed by atoms with Gasteiger partial charge in [0.25, 0.3) is 0 Å². The van der Waals surface area contributed by atoms with Crippen LogP contribution in [0.1, 0.15) is 48.4 Å². The number of piperidine rings is 1. The molecule has 1 atom stereocenters. The SMILES string of the molecule is Nc1nc(Nc2ccc3c(c2)CCC(N)CC3)n(-c2cc(-c3ccccc3)c3c(n2)C2CCN3CC2)n1. The van der Waals surface area contributed by atoms with Gasteiger partial charge in [0.05, 0.1) is 11.4 Å². The number of pyridine rings is 1. The van der Waals surface area contributed by atoms with Crippen molar-refractivity contribution in [3.63, 3.8) is 0 Å². The molecule has 1 fully saturated rings. The lowest BCUT2D eigenvalue weighted by Crippen LogP contribution is -2.40. The van der Waals surface area contributed by atoms with Crippen molar-refractivity contribution in [2.24, 2.45) is 5.73 Å². The van der Waals surface area contributed by atoms with Crippen molar-refractivity contribution >= 4 is 23.3 Å². The molecule has 2 aromatic carbocycles. The predicted molar refractivity (Wildman–Crippen MR) is 148 cm³/mol. The monoisotopic (exact) mass is 492 g/mol. The highest BCUT2D eigenvalue weighted by Gasteiger charge is 2.35. The van der Waals surface area contributed by atoms with Gasteiger partial charge in [-0.3, -0.25) is 0 Å². The second-order valence-corrected chi connectivity index (χ2v) is 10.5. The van der Waals surface area contributed by atoms with E-state index in [1.807, 2.05) is 0 Å². The van der Waals surface area contributed by atoms with E-state index in [2.05, 4.69) is 74.9 Å². The van der Waals surface area contributed by atoms with Crippen molar-refractivity contribution in [3.05, 3.63) is 71.4 Å². The van der Waals surface area contributed by atoms with Gasteiger partial charge < -0.3 is 21.7 Å². The first-order valence-electron chi connectivity index (χ1n) is 13.3. The first kappa shape index (κ1) is 22.3. The summed E-state index contributed by atoms with van der Waals surface area (Å²) in [4.78, 5) is 12.2. The van der Waals surface area contributed by atoms with E-state index >= 15 is 0 Å². The van der Waals surface area contributed by atoms with Crippen molar-refractivity contribution in [2.45, 2.75) is 50.5 Å². The number of anilines is 4. The average molecular weight is 493 g/mol. The van der Waals surface area contributed by atoms with E-state index < -0.39 is 0 Å². The molecular weight excluding hydrogens is 460 g/mol. The average Bonchev–Trinajstić information content (AvgIpc) is 3.20. The van der Waals surface area contributed by atoms with Crippen LogP contribution in [0.3, 0.4) is 0 Å². The first-order valence-corrected chi connectivity index (χ1v) is 13.3. The lowest BCUT2D eigenvalue weighted by molar-refractivity contribution is 0.463. The quantitative estimate of drug-likeness (QED) is 0.358. The van der Waals surface area contributed by atoms with Gasteiger partial charge in [0, 0.05) is 36.3 Å². The number of hydrogen-bond donors (Lipinski definition) is 3. The minimum atomic E-state index is 0.217. The molecule has 2 bridgehead atoms. The predicted octanol–water partition coefficient (Wildman–Crippen LogP) is 4.56. The van der Waals surface area contributed by atoms with Crippen LogP contribution in [-0.2, 0) is 12.8 Å². The van der Waals surface area contributed by atoms with Crippen molar-refractivity contribution in [1.29, 1.82) is 0 Å². The largest absolute Gasteiger partial charge is 0.370 e. The molecule has 37 heavy (non-hydrogen) atoms. The number of fused-ring (bicyclic) bond motifs is 3. The maximum absolute atomic E-state index is 6.23. The van der Waals surface area contributed by atoms with Crippen molar-refractivity contribution < 1.29 is 0 Å². The second kappa shape index (κ2) is 8.88. The molecule has 4 aromatic rings. The number of nitrogens with one attached hydrogen (secondary N) is 1. The van der Waals surface area contributed by atoms with Gasteiger partial charge in [-0.05, 0) is 73.4 Å². The number of hydrogen-bond acceptors (Lipinski definition) is 7. The highest BCUT2D eigenvalue weighted by atomic mass is 15.4. The molecule has 1 aliphatic carbocycles. The minimum Gasteiger partial charge on any atom is -0.370 e. The van der Waals surface area contributed by atoms with Crippen LogP contribution in [0.15, 0.2) is 54.6 Å². The fraction of sp³-hybridized carbons (Fsp3) is 0.345. The van der Waals surface area contributed by atoms with E-state index in [9.17, 15) is 0 Å². The topological polar surface area (TPSA) is 111 Å². The lowest BCUT2D eigenvalue weighted by Gasteiger charge is -2.42. The zero-order valence-corrected chi connectivity index (χ0v) is 20.9. The van der Waals surface area contributed by atoms with E-state index in [-0.39, 0.29) is 12.0 Å². The molecular formula is C29H32N8. The van der Waals surface area contributed by atoms with Crippen LogP contribution in [0.25, 0.3) is 16.9 Å². The molecule has 1 saturated heterocycles. The van der Waals surface area contributed by atoms with Crippen molar-refractivity contribution in [3.8, 4) is 16.9 Å². The summed E-state index contributed by atoms with van der Waals surface area (Å²) in [5.41, 5.74) is 20.9. The molecule has 0 spiro atoms. The number of aromatic nitrogens is 4. The Hall–Kier alpha value is -3.91. The van der Waals surface area contributed by atoms with Crippen LogP contribution < -0.4 is 21.7 Å². The molecule has 1 unspecified atom stereocenters. The summed E-state index contributed by atoms with van der Waals surface area (Å²) >= 11 is 0. The van der Waals surface area contributed by atoms with Crippen molar-refractivity contribution in [2.75, 3.05) is 29.0 Å². The molecule has 8 nitrogen and oxygen atoms in total. The van der Waals surface area contributed by atoms with Crippen LogP contribution in [0.5, 0.6) is 0 Å². The van der Waals surface area contributed by atoms with Gasteiger partial charge in [-0.2, -0.15) is 9.67 Å². The third-order valence-corrected chi connectivity index (χ3v) is 8.16. The van der Waals surface area contributed by atoms with Crippen LogP contribution in [0.2, 0.25) is 0 Å². The van der Waals surface area contributed by atoms with Crippen LogP contribution >= 0.6 is 0 Å². The van der Waals surface area contributed by atoms with Crippen LogP contribution in [-0.4, -0.2) is 38.9 Å². The summed E-state index contributed by atoms with van der Waals surface area (Å²) in [6, 6.07) is 19.5. The van der Waals surface area contributed by atoms with Crippen LogP contribution in [0, 0.1) is 0 Å². The summed E-state index contributed by atoms with van der Waals surface area (Å²) in [5, 5.41) is 8.04. The van der Waals surface area contributed by atoms with Gasteiger partial charge in [-0.15, -0.1) is 5.10 Å². The third-order valence-electron chi connectivity index (χ3n) is 8.16. The molecule has 0 amide bonds. The van der Waals surface area contributed by atoms with E-state index in [1.54, 1.807) is 4.68 Å². The molecule has 2 aromatic heterocycles. The van der Waals surface area contributed by atoms with Gasteiger partial charge in [0.15, 0.2) is 5.82 Å². The summed E-state index contributed by atoms with van der Waals surface area (Å²) in [6.45, 7) is 2.18. The van der Waals surface area contributed by atoms with Gasteiger partial charge in [0.2, 0.25) is 11.9 Å². The molecule has 4 aliphatic rings. The van der Waals surface area contributed by atoms with E-state index in [0.29, 0.717) is 11.9 Å². The standard InChI is InChI=1S/C29H32N8/c30-22-9-6-18-8-11-23(16-21(18)7-10-22)32-29-34-28(31)35-37(29)25-17-24(19-4-2-1-3-5-19)27-26(33-25)20-12-14-36(27)15-13-20/h1-5,8,11,16-17,20,22H,6-7,9-10,12-15,30H2,(H3,31,32,34,35). The summed E-state index contributed by atoms with van der Waals surface area (Å²) < 4.78 is 1.75. The lowest BCUT2D eigenvalue weighted by atomic mass is 9.84. The molecule has 0 radical (unpaired) electrons. The summed E-state index contributed by atoms with van der Waals surface area (Å²) in [5.74, 6) is 1.99. The second-order valence-electron chi connectivity index (χ2n) is 10.5. The molecule has 0 saturated carbocycles. The van der Waals surface area contributed by atoms with Crippen molar-refractivity contribution in [1.82, 2.24) is 19.7 Å². The number of aryl methyl sites for hydroxylation is 2. The van der Waals surface area contributed by atoms with E-state index in [0.717, 1.165) is 68.8 Å². The molecule has 3 aliphatic heterocycles. The zero-order chi connectivity index (χ0) is 24.9. The van der Waals surface area contributed by atoms with Crippen LogP contribution in [0.4, 0.5) is 23.3 Å². The Morgan fingerprint density at radius 1 is 0.865 bits per heavy atom. The summed E-state index contributed by atoms with van der Waals surface area (Å²) in [7, 11) is 0. The number of rotatable bonds is 4. The number of nitrogens with two attached hydrogens (primary N) is 2. The highest BCUT2D eigenvalue weighted by molar-refractivity contribution is 5.83. The summed E-state index contributed by atoms with van der Waals surface area (Å²) in [6.07, 6.45) is 6.35. The Kier molecular flexibility index (Phi) is 5.35. The molecule has 8 rings (SSSR count). The normalized spacial score (nSPS) is 18.8. The van der Waals surface area contributed by atoms with E-state index in [1.165, 1.54) is 27.9 Å². The maximum Gasteiger partial charge on any atom is 0.241 e. The van der Waals surface area contributed by atoms with Gasteiger partial charge in [0.1, 0.15) is 0 Å². The Balaban J connectivity index is 1.30. The highest BCUT2D eigenvalue weighted by Crippen LogP contribution is 2.46. The molecule has 8 heteroatoms. The third kappa shape index (κ3) is 4.01. The fourth-order valence-electron chi connectivity index (χ4n) is 6.19. The molecule has 188 valence electrons. The molecule has 5 N–H and O–H groups in total.